The predicted octanol–water partition coefficient (Wildman–Crippen LogP) is 24.5. The molecule has 3 rings (SSSR count). The molecule has 0 aliphatic carbocycles. The van der Waals surface area contributed by atoms with E-state index in [0.717, 1.165) is 67.5 Å². The Kier molecular flexibility index (Phi) is 52.3. The Morgan fingerprint density at radius 3 is 1.07 bits per heavy atom. The zero-order valence-electron chi connectivity index (χ0n) is 48.8. The molecule has 2 aromatic rings. The Balaban J connectivity index is 0.00000116. The van der Waals surface area contributed by atoms with Crippen LogP contribution in [0, 0.1) is 13.8 Å². The zero-order valence-corrected chi connectivity index (χ0v) is 49.8. The van der Waals surface area contributed by atoms with Gasteiger partial charge in [-0.3, -0.25) is 0 Å². The van der Waals surface area contributed by atoms with Crippen LogP contribution in [0.2, 0.25) is 0 Å². The van der Waals surface area contributed by atoms with Crippen LogP contribution in [0.3, 0.4) is 0 Å². The molecule has 3 heteroatoms. The van der Waals surface area contributed by atoms with Crippen molar-refractivity contribution in [2.45, 2.75) is 330 Å². The normalized spacial score (nSPS) is 12.1. The Bertz CT molecular complexity index is 1460. The molecule has 416 valence electrons. The first-order valence-corrected chi connectivity index (χ1v) is 31.7. The van der Waals surface area contributed by atoms with Crippen LogP contribution in [0.25, 0.3) is 16.9 Å². The third-order valence-corrected chi connectivity index (χ3v) is 14.9. The van der Waals surface area contributed by atoms with Gasteiger partial charge in [0.15, 0.2) is 0 Å². The number of hydrogen-bond donors (Lipinski definition) is 0. The smallest absolute Gasteiger partial charge is 0.493 e. The number of aryl methyl sites for hydroxylation is 2. The van der Waals surface area contributed by atoms with Gasteiger partial charge >= 0.3 is 16.5 Å². The van der Waals surface area contributed by atoms with Gasteiger partial charge in [-0.2, -0.15) is 12.8 Å². The van der Waals surface area contributed by atoms with E-state index in [2.05, 4.69) is 103 Å². The fourth-order valence-electron chi connectivity index (χ4n) is 10.1. The van der Waals surface area contributed by atoms with Crippen molar-refractivity contribution in [2.75, 3.05) is 0 Å². The second kappa shape index (κ2) is 53.8. The third kappa shape index (κ3) is 38.5. The van der Waals surface area contributed by atoms with E-state index in [4.69, 9.17) is 0 Å². The predicted molar refractivity (Wildman–Crippen MR) is 321 cm³/mol. The number of rotatable bonds is 46. The van der Waals surface area contributed by atoms with Crippen LogP contribution in [-0.4, -0.2) is 4.70 Å². The molecule has 0 saturated heterocycles. The average Bonchev–Trinajstić information content (AvgIpc) is 3.72. The molecular weight excluding hydrogens is 915 g/mol. The first-order valence-electron chi connectivity index (χ1n) is 31.7. The van der Waals surface area contributed by atoms with Crippen molar-refractivity contribution < 1.29 is 21.2 Å². The molecule has 0 spiro atoms. The van der Waals surface area contributed by atoms with E-state index in [1.807, 2.05) is 0 Å². The fraction of sp³-hybridized carbons (Fsp3) is 0.739. The molecule has 1 heterocycles. The largest absolute Gasteiger partial charge is 2.00 e. The Labute approximate surface area is 461 Å². The molecule has 0 saturated carbocycles. The summed E-state index contributed by atoms with van der Waals surface area (Å²) in [6.45, 7) is 19.1. The minimum atomic E-state index is 0. The Morgan fingerprint density at radius 1 is 0.347 bits per heavy atom. The summed E-state index contributed by atoms with van der Waals surface area (Å²) in [4.78, 5) is 0. The number of allylic oxidation sites excluding steroid dienone is 2. The number of unbranched alkanes of at least 4 members (excludes halogenated alkanes) is 38. The minimum Gasteiger partial charge on any atom is -0.493 e. The van der Waals surface area contributed by atoms with E-state index in [0.29, 0.717) is 0 Å². The summed E-state index contributed by atoms with van der Waals surface area (Å²) in [6, 6.07) is 17.6. The fourth-order valence-corrected chi connectivity index (χ4v) is 10.1. The SMILES string of the molecule is CCCCCCCCc1cccc(C2=CC(CCCC)=C(c3ccc(CCCCC)cc3)[N+]2=[N-])c1.[CH2-]CCCCCCCCCCCCCCCCC.[CH2-]CCCCCCCCCCCCCCCCC.[Ni+2]. The number of nitrogens with zero attached hydrogens (tertiary/aromatic N) is 2. The van der Waals surface area contributed by atoms with Crippen LogP contribution in [0.15, 0.2) is 60.2 Å². The molecule has 0 bridgehead atoms. The molecule has 0 radical (unpaired) electrons. The summed E-state index contributed by atoms with van der Waals surface area (Å²) < 4.78 is 1.45. The van der Waals surface area contributed by atoms with Gasteiger partial charge in [-0.25, -0.2) is 4.70 Å². The van der Waals surface area contributed by atoms with Crippen molar-refractivity contribution in [1.29, 1.82) is 0 Å². The van der Waals surface area contributed by atoms with E-state index in [1.165, 1.54) is 272 Å². The zero-order chi connectivity index (χ0) is 51.5. The van der Waals surface area contributed by atoms with Crippen molar-refractivity contribution in [1.82, 2.24) is 0 Å². The summed E-state index contributed by atoms with van der Waals surface area (Å²) in [5.74, 6) is 0. The first kappa shape index (κ1) is 70.0. The standard InChI is InChI=1S/C33H46N2.2C18H37.Ni/c1-4-7-10-11-12-14-17-28-18-15-20-30(25-28)32-26-31(19-9-6-3)33(35(32)34)29-23-21-27(22-24-29)16-13-8-5-2;2*1-3-5-7-9-11-13-15-17-18-16-14-12-10-8-6-4-2;/h15,18,20-26H,4-14,16-17,19H2,1-3H3;2*1,3-18H2,2H3;/q;2*-1;+2. The molecule has 0 unspecified atom stereocenters. The second-order valence-electron chi connectivity index (χ2n) is 21.8. The van der Waals surface area contributed by atoms with Crippen LogP contribution >= 0.6 is 0 Å². The van der Waals surface area contributed by atoms with Crippen LogP contribution in [-0.2, 0) is 29.3 Å². The summed E-state index contributed by atoms with van der Waals surface area (Å²) in [7, 11) is 0. The van der Waals surface area contributed by atoms with E-state index in [1.54, 1.807) is 0 Å². The van der Waals surface area contributed by atoms with Crippen LogP contribution in [0.4, 0.5) is 0 Å². The van der Waals surface area contributed by atoms with Gasteiger partial charge in [-0.15, -0.1) is 0 Å². The first-order chi connectivity index (χ1) is 35.0. The van der Waals surface area contributed by atoms with Gasteiger partial charge in [0.1, 0.15) is 0 Å². The maximum atomic E-state index is 11.4. The third-order valence-electron chi connectivity index (χ3n) is 14.9. The topological polar surface area (TPSA) is 25.3 Å². The summed E-state index contributed by atoms with van der Waals surface area (Å²) in [5, 5.41) is 0. The van der Waals surface area contributed by atoms with Gasteiger partial charge in [-0.1, -0.05) is 303 Å². The van der Waals surface area contributed by atoms with E-state index in [9.17, 15) is 5.53 Å². The minimum absolute atomic E-state index is 0. The molecule has 0 atom stereocenters. The van der Waals surface area contributed by atoms with Crippen molar-refractivity contribution >= 4 is 11.4 Å². The molecule has 1 aliphatic heterocycles. The quantitative estimate of drug-likeness (QED) is 0.0273. The van der Waals surface area contributed by atoms with Gasteiger partial charge in [0.05, 0.1) is 0 Å². The summed E-state index contributed by atoms with van der Waals surface area (Å²) in [5.41, 5.74) is 19.4. The Morgan fingerprint density at radius 2 is 0.681 bits per heavy atom. The van der Waals surface area contributed by atoms with E-state index >= 15 is 0 Å². The van der Waals surface area contributed by atoms with Crippen LogP contribution in [0.1, 0.15) is 339 Å². The number of benzene rings is 2. The molecule has 2 aromatic carbocycles. The van der Waals surface area contributed by atoms with Gasteiger partial charge in [0.25, 0.3) is 0 Å². The van der Waals surface area contributed by atoms with E-state index in [-0.39, 0.29) is 16.5 Å². The molecule has 0 amide bonds. The van der Waals surface area contributed by atoms with Crippen LogP contribution < -0.4 is 0 Å². The van der Waals surface area contributed by atoms with Crippen LogP contribution in [0.5, 0.6) is 0 Å². The molecule has 72 heavy (non-hydrogen) atoms. The van der Waals surface area contributed by atoms with Crippen molar-refractivity contribution in [3.63, 3.8) is 0 Å². The maximum Gasteiger partial charge on any atom is 2.00 e. The molecule has 0 N–H and O–H groups in total. The molecule has 0 fully saturated rings. The molecular formula is C69H120N2Ni. The summed E-state index contributed by atoms with van der Waals surface area (Å²) >= 11 is 0. The second-order valence-corrected chi connectivity index (χ2v) is 21.8. The summed E-state index contributed by atoms with van der Waals surface area (Å²) in [6.07, 6.45) is 65.0. The van der Waals surface area contributed by atoms with Gasteiger partial charge < -0.3 is 19.4 Å². The Hall–Kier alpha value is -1.99. The van der Waals surface area contributed by atoms with Crippen molar-refractivity contribution in [3.8, 4) is 0 Å². The average molecular weight is 1040 g/mol. The van der Waals surface area contributed by atoms with Crippen molar-refractivity contribution in [3.05, 3.63) is 102 Å². The van der Waals surface area contributed by atoms with Gasteiger partial charge in [0, 0.05) is 22.8 Å². The van der Waals surface area contributed by atoms with Crippen molar-refractivity contribution in [2.24, 2.45) is 0 Å². The maximum absolute atomic E-state index is 11.4. The number of hydrogen-bond acceptors (Lipinski definition) is 0. The monoisotopic (exact) mass is 1030 g/mol. The van der Waals surface area contributed by atoms with E-state index < -0.39 is 0 Å². The molecule has 0 aromatic heterocycles. The molecule has 1 aliphatic rings. The van der Waals surface area contributed by atoms with Gasteiger partial charge in [0.2, 0.25) is 11.4 Å². The molecule has 2 nitrogen and oxygen atoms in total. The van der Waals surface area contributed by atoms with Gasteiger partial charge in [-0.05, 0) is 73.9 Å².